The number of para-hydroxylation sites is 2. The molecule has 2 aromatic carbocycles. The molecule has 3 rings (SSSR count). The summed E-state index contributed by atoms with van der Waals surface area (Å²) in [5.41, 5.74) is 2.59. The van der Waals surface area contributed by atoms with Gasteiger partial charge in [0.1, 0.15) is 5.75 Å². The zero-order valence-corrected chi connectivity index (χ0v) is 18.7. The van der Waals surface area contributed by atoms with E-state index in [2.05, 4.69) is 20.8 Å². The number of benzene rings is 2. The van der Waals surface area contributed by atoms with E-state index in [0.29, 0.717) is 34.7 Å². The molecule has 0 atom stereocenters. The Labute approximate surface area is 185 Å². The number of halogens is 1. The standard InChI is InChI=1S/C21H24ClN5O2S/c1-4-27-19(12-23-15-10-9-14(2)16(22)11-15)25-26-21(27)30-13-20(28)24-17-7-5-6-8-18(17)29-3/h5-11,23H,4,12-13H2,1-3H3,(H,24,28). The number of nitrogens with zero attached hydrogens (tertiary/aromatic N) is 3. The minimum Gasteiger partial charge on any atom is -0.495 e. The molecule has 0 spiro atoms. The number of thioether (sulfide) groups is 1. The second-order valence-corrected chi connectivity index (χ2v) is 7.85. The first-order valence-corrected chi connectivity index (χ1v) is 10.9. The highest BCUT2D eigenvalue weighted by Crippen LogP contribution is 2.24. The van der Waals surface area contributed by atoms with E-state index in [0.717, 1.165) is 17.1 Å². The number of amides is 1. The van der Waals surface area contributed by atoms with Crippen LogP contribution in [-0.2, 0) is 17.9 Å². The summed E-state index contributed by atoms with van der Waals surface area (Å²) >= 11 is 7.53. The first-order chi connectivity index (χ1) is 14.5. The van der Waals surface area contributed by atoms with Gasteiger partial charge in [-0.1, -0.05) is 41.6 Å². The highest BCUT2D eigenvalue weighted by atomic mass is 35.5. The van der Waals surface area contributed by atoms with Crippen molar-refractivity contribution in [1.29, 1.82) is 0 Å². The molecule has 0 fully saturated rings. The predicted molar refractivity (Wildman–Crippen MR) is 122 cm³/mol. The summed E-state index contributed by atoms with van der Waals surface area (Å²) in [4.78, 5) is 12.4. The van der Waals surface area contributed by atoms with Gasteiger partial charge in [-0.05, 0) is 43.7 Å². The molecule has 1 amide bonds. The third kappa shape index (κ3) is 5.46. The van der Waals surface area contributed by atoms with Gasteiger partial charge in [-0.15, -0.1) is 10.2 Å². The van der Waals surface area contributed by atoms with Gasteiger partial charge >= 0.3 is 0 Å². The van der Waals surface area contributed by atoms with Crippen LogP contribution >= 0.6 is 23.4 Å². The quantitative estimate of drug-likeness (QED) is 0.468. The Morgan fingerprint density at radius 1 is 1.23 bits per heavy atom. The second-order valence-electron chi connectivity index (χ2n) is 6.50. The van der Waals surface area contributed by atoms with E-state index in [1.54, 1.807) is 19.2 Å². The smallest absolute Gasteiger partial charge is 0.234 e. The van der Waals surface area contributed by atoms with Gasteiger partial charge in [-0.25, -0.2) is 0 Å². The van der Waals surface area contributed by atoms with Crippen molar-refractivity contribution in [1.82, 2.24) is 14.8 Å². The van der Waals surface area contributed by atoms with Crippen LogP contribution in [0.4, 0.5) is 11.4 Å². The Bertz CT molecular complexity index is 1020. The highest BCUT2D eigenvalue weighted by Gasteiger charge is 2.14. The first-order valence-electron chi connectivity index (χ1n) is 9.49. The minimum absolute atomic E-state index is 0.135. The number of aromatic nitrogens is 3. The van der Waals surface area contributed by atoms with E-state index < -0.39 is 0 Å². The van der Waals surface area contributed by atoms with Crippen molar-refractivity contribution in [2.75, 3.05) is 23.5 Å². The number of hydrogen-bond donors (Lipinski definition) is 2. The number of carbonyl (C=O) groups is 1. The molecule has 1 aromatic heterocycles. The monoisotopic (exact) mass is 445 g/mol. The number of carbonyl (C=O) groups excluding carboxylic acids is 1. The molecule has 0 saturated carbocycles. The van der Waals surface area contributed by atoms with E-state index in [9.17, 15) is 4.79 Å². The summed E-state index contributed by atoms with van der Waals surface area (Å²) < 4.78 is 7.25. The minimum atomic E-state index is -0.135. The van der Waals surface area contributed by atoms with Crippen LogP contribution in [0.1, 0.15) is 18.3 Å². The fourth-order valence-corrected chi connectivity index (χ4v) is 3.82. The van der Waals surface area contributed by atoms with E-state index >= 15 is 0 Å². The summed E-state index contributed by atoms with van der Waals surface area (Å²) in [6.07, 6.45) is 0. The maximum absolute atomic E-state index is 12.4. The fraction of sp³-hybridized carbons (Fsp3) is 0.286. The van der Waals surface area contributed by atoms with Crippen molar-refractivity contribution in [3.8, 4) is 5.75 Å². The number of aryl methyl sites for hydroxylation is 1. The van der Waals surface area contributed by atoms with Crippen molar-refractivity contribution >= 4 is 40.6 Å². The van der Waals surface area contributed by atoms with Gasteiger partial charge in [0.05, 0.1) is 25.1 Å². The molecular weight excluding hydrogens is 422 g/mol. The largest absolute Gasteiger partial charge is 0.495 e. The Morgan fingerprint density at radius 2 is 2.03 bits per heavy atom. The van der Waals surface area contributed by atoms with Gasteiger partial charge in [-0.3, -0.25) is 4.79 Å². The SMILES string of the molecule is CCn1c(CNc2ccc(C)c(Cl)c2)nnc1SCC(=O)Nc1ccccc1OC. The summed E-state index contributed by atoms with van der Waals surface area (Å²) in [7, 11) is 1.57. The Morgan fingerprint density at radius 3 is 2.77 bits per heavy atom. The molecule has 9 heteroatoms. The van der Waals surface area contributed by atoms with Gasteiger partial charge in [0.25, 0.3) is 0 Å². The number of nitrogens with one attached hydrogen (secondary N) is 2. The maximum atomic E-state index is 12.4. The number of anilines is 2. The molecule has 2 N–H and O–H groups in total. The average molecular weight is 446 g/mol. The predicted octanol–water partition coefficient (Wildman–Crippen LogP) is 4.61. The van der Waals surface area contributed by atoms with Gasteiger partial charge in [0, 0.05) is 17.3 Å². The van der Waals surface area contributed by atoms with Crippen LogP contribution in [0.25, 0.3) is 0 Å². The van der Waals surface area contributed by atoms with Gasteiger partial charge in [0.15, 0.2) is 11.0 Å². The second kappa shape index (κ2) is 10.4. The van der Waals surface area contributed by atoms with Crippen LogP contribution in [0.15, 0.2) is 47.6 Å². The topological polar surface area (TPSA) is 81.1 Å². The molecule has 7 nitrogen and oxygen atoms in total. The summed E-state index contributed by atoms with van der Waals surface area (Å²) in [6, 6.07) is 13.1. The lowest BCUT2D eigenvalue weighted by molar-refractivity contribution is -0.113. The Kier molecular flexibility index (Phi) is 7.59. The average Bonchev–Trinajstić information content (AvgIpc) is 3.15. The van der Waals surface area contributed by atoms with E-state index in [1.165, 1.54) is 11.8 Å². The molecule has 0 saturated heterocycles. The third-order valence-electron chi connectivity index (χ3n) is 4.45. The van der Waals surface area contributed by atoms with Crippen LogP contribution in [0, 0.1) is 6.92 Å². The molecule has 0 aliphatic carbocycles. The molecule has 0 bridgehead atoms. The maximum Gasteiger partial charge on any atom is 0.234 e. The van der Waals surface area contributed by atoms with Crippen LogP contribution in [0.3, 0.4) is 0 Å². The molecule has 0 aliphatic rings. The molecule has 0 aliphatic heterocycles. The van der Waals surface area contributed by atoms with E-state index in [4.69, 9.17) is 16.3 Å². The molecule has 3 aromatic rings. The lowest BCUT2D eigenvalue weighted by Gasteiger charge is -2.11. The molecule has 1 heterocycles. The van der Waals surface area contributed by atoms with Crippen molar-refractivity contribution in [3.05, 3.63) is 58.9 Å². The van der Waals surface area contributed by atoms with Crippen molar-refractivity contribution < 1.29 is 9.53 Å². The number of rotatable bonds is 9. The lowest BCUT2D eigenvalue weighted by atomic mass is 10.2. The third-order valence-corrected chi connectivity index (χ3v) is 5.82. The molecule has 0 unspecified atom stereocenters. The van der Waals surface area contributed by atoms with E-state index in [-0.39, 0.29) is 11.7 Å². The molecular formula is C21H24ClN5O2S. The van der Waals surface area contributed by atoms with Crippen molar-refractivity contribution in [3.63, 3.8) is 0 Å². The van der Waals surface area contributed by atoms with Gasteiger partial charge in [0.2, 0.25) is 5.91 Å². The number of hydrogen-bond acceptors (Lipinski definition) is 6. The lowest BCUT2D eigenvalue weighted by Crippen LogP contribution is -2.15. The Hall–Kier alpha value is -2.71. The molecule has 30 heavy (non-hydrogen) atoms. The summed E-state index contributed by atoms with van der Waals surface area (Å²) in [5, 5.41) is 16.1. The van der Waals surface area contributed by atoms with Crippen molar-refractivity contribution in [2.24, 2.45) is 0 Å². The Balaban J connectivity index is 1.59. The summed E-state index contributed by atoms with van der Waals surface area (Å²) in [5.74, 6) is 1.50. The normalized spacial score (nSPS) is 10.7. The fourth-order valence-electron chi connectivity index (χ4n) is 2.82. The molecule has 158 valence electrons. The van der Waals surface area contributed by atoms with Crippen molar-refractivity contribution in [2.45, 2.75) is 32.1 Å². The molecule has 0 radical (unpaired) electrons. The zero-order chi connectivity index (χ0) is 21.5. The zero-order valence-electron chi connectivity index (χ0n) is 17.1. The number of methoxy groups -OCH3 is 1. The van der Waals surface area contributed by atoms with Gasteiger partial charge < -0.3 is 19.9 Å². The van der Waals surface area contributed by atoms with E-state index in [1.807, 2.05) is 48.7 Å². The number of ether oxygens (including phenoxy) is 1. The van der Waals surface area contributed by atoms with Crippen LogP contribution < -0.4 is 15.4 Å². The van der Waals surface area contributed by atoms with Crippen LogP contribution in [0.2, 0.25) is 5.02 Å². The summed E-state index contributed by atoms with van der Waals surface area (Å²) in [6.45, 7) is 5.20. The van der Waals surface area contributed by atoms with Crippen LogP contribution in [0.5, 0.6) is 5.75 Å². The highest BCUT2D eigenvalue weighted by molar-refractivity contribution is 7.99. The first kappa shape index (κ1) is 22.0. The van der Waals surface area contributed by atoms with Gasteiger partial charge in [-0.2, -0.15) is 0 Å². The van der Waals surface area contributed by atoms with Crippen LogP contribution in [-0.4, -0.2) is 33.5 Å².